The smallest absolute Gasteiger partial charge is 0.282 e. The van der Waals surface area contributed by atoms with Gasteiger partial charge in [0.1, 0.15) is 5.70 Å². The molecule has 6 heteroatoms. The van der Waals surface area contributed by atoms with Crippen LogP contribution in [0.5, 0.6) is 0 Å². The Bertz CT molecular complexity index is 1500. The number of nitrogens with zero attached hydrogens (tertiary/aromatic N) is 1. The van der Waals surface area contributed by atoms with E-state index in [1.165, 1.54) is 11.8 Å². The summed E-state index contributed by atoms with van der Waals surface area (Å²) >= 11 is 0. The fourth-order valence-corrected chi connectivity index (χ4v) is 4.24. The van der Waals surface area contributed by atoms with E-state index in [0.29, 0.717) is 28.2 Å². The zero-order valence-corrected chi connectivity index (χ0v) is 19.3. The molecule has 1 aliphatic rings. The normalized spacial score (nSPS) is 13.5. The lowest BCUT2D eigenvalue weighted by Gasteiger charge is -2.18. The van der Waals surface area contributed by atoms with Crippen molar-refractivity contribution in [1.82, 2.24) is 0 Å². The Morgan fingerprint density at radius 2 is 1.40 bits per heavy atom. The van der Waals surface area contributed by atoms with E-state index in [4.69, 9.17) is 0 Å². The highest BCUT2D eigenvalue weighted by Gasteiger charge is 2.40. The summed E-state index contributed by atoms with van der Waals surface area (Å²) in [7, 11) is 0. The van der Waals surface area contributed by atoms with Gasteiger partial charge >= 0.3 is 0 Å². The number of benzene rings is 4. The number of fused-ring (bicyclic) bond motifs is 1. The number of hydrogen-bond acceptors (Lipinski definition) is 4. The van der Waals surface area contributed by atoms with E-state index in [9.17, 15) is 14.4 Å². The molecule has 0 unspecified atom stereocenters. The Balaban J connectivity index is 1.59. The second-order valence-electron chi connectivity index (χ2n) is 8.44. The Morgan fingerprint density at radius 3 is 2.11 bits per heavy atom. The number of nitrogens with one attached hydrogen (secondary N) is 2. The van der Waals surface area contributed by atoms with Gasteiger partial charge in [-0.3, -0.25) is 14.4 Å². The van der Waals surface area contributed by atoms with E-state index in [0.717, 1.165) is 16.3 Å². The Hall–Kier alpha value is -4.71. The van der Waals surface area contributed by atoms with Crippen molar-refractivity contribution in [2.45, 2.75) is 13.8 Å². The van der Waals surface area contributed by atoms with Gasteiger partial charge in [-0.15, -0.1) is 0 Å². The van der Waals surface area contributed by atoms with Crippen molar-refractivity contribution in [3.8, 4) is 0 Å². The van der Waals surface area contributed by atoms with Crippen molar-refractivity contribution in [3.63, 3.8) is 0 Å². The summed E-state index contributed by atoms with van der Waals surface area (Å²) in [6, 6.07) is 27.8. The minimum atomic E-state index is -0.423. The Kier molecular flexibility index (Phi) is 5.63. The summed E-state index contributed by atoms with van der Waals surface area (Å²) in [6.45, 7) is 3.41. The summed E-state index contributed by atoms with van der Waals surface area (Å²) < 4.78 is 0. The van der Waals surface area contributed by atoms with E-state index < -0.39 is 5.91 Å². The van der Waals surface area contributed by atoms with Crippen LogP contribution in [-0.2, 0) is 14.4 Å². The molecule has 0 radical (unpaired) electrons. The molecule has 0 atom stereocenters. The van der Waals surface area contributed by atoms with E-state index in [-0.39, 0.29) is 17.5 Å². The first-order chi connectivity index (χ1) is 16.9. The first-order valence-electron chi connectivity index (χ1n) is 11.2. The monoisotopic (exact) mass is 461 g/mol. The highest BCUT2D eigenvalue weighted by molar-refractivity contribution is 6.47. The van der Waals surface area contributed by atoms with Gasteiger partial charge in [-0.2, -0.15) is 0 Å². The van der Waals surface area contributed by atoms with Gasteiger partial charge in [0.2, 0.25) is 5.91 Å². The SMILES string of the molecule is CC(=O)Nc1ccc(NC2=C(c3ccc(C)cc3)C(=O)N(c3cccc4ccccc34)C2=O)cc1. The summed E-state index contributed by atoms with van der Waals surface area (Å²) in [6.07, 6.45) is 0. The third-order valence-corrected chi connectivity index (χ3v) is 5.91. The molecule has 0 fully saturated rings. The van der Waals surface area contributed by atoms with Gasteiger partial charge in [-0.25, -0.2) is 4.90 Å². The average molecular weight is 462 g/mol. The molecule has 6 nitrogen and oxygen atoms in total. The van der Waals surface area contributed by atoms with Gasteiger partial charge in [-0.1, -0.05) is 66.2 Å². The van der Waals surface area contributed by atoms with Gasteiger partial charge in [0.25, 0.3) is 11.8 Å². The third kappa shape index (κ3) is 4.17. The van der Waals surface area contributed by atoms with Crippen LogP contribution in [0.2, 0.25) is 0 Å². The fourth-order valence-electron chi connectivity index (χ4n) is 4.24. The summed E-state index contributed by atoms with van der Waals surface area (Å²) in [4.78, 5) is 40.1. The van der Waals surface area contributed by atoms with Crippen molar-refractivity contribution in [2.24, 2.45) is 0 Å². The molecule has 172 valence electrons. The van der Waals surface area contributed by atoms with Crippen LogP contribution in [0.15, 0.2) is 96.7 Å². The Morgan fingerprint density at radius 1 is 0.743 bits per heavy atom. The molecule has 1 heterocycles. The second kappa shape index (κ2) is 8.91. The summed E-state index contributed by atoms with van der Waals surface area (Å²) in [5.74, 6) is -0.974. The second-order valence-corrected chi connectivity index (χ2v) is 8.44. The van der Waals surface area contributed by atoms with Crippen molar-refractivity contribution in [2.75, 3.05) is 15.5 Å². The van der Waals surface area contributed by atoms with Crippen LogP contribution < -0.4 is 15.5 Å². The summed E-state index contributed by atoms with van der Waals surface area (Å²) in [5.41, 5.74) is 4.05. The van der Waals surface area contributed by atoms with Crippen molar-refractivity contribution in [3.05, 3.63) is 108 Å². The molecule has 4 aromatic rings. The highest BCUT2D eigenvalue weighted by atomic mass is 16.2. The quantitative estimate of drug-likeness (QED) is 0.385. The van der Waals surface area contributed by atoms with Gasteiger partial charge in [0, 0.05) is 23.7 Å². The lowest BCUT2D eigenvalue weighted by molar-refractivity contribution is -0.120. The van der Waals surface area contributed by atoms with Crippen LogP contribution in [0.1, 0.15) is 18.1 Å². The molecule has 1 aliphatic heterocycles. The van der Waals surface area contributed by atoms with Crippen LogP contribution in [0.4, 0.5) is 17.1 Å². The molecule has 2 N–H and O–H groups in total. The number of hydrogen-bond donors (Lipinski definition) is 2. The van der Waals surface area contributed by atoms with Crippen LogP contribution in [-0.4, -0.2) is 17.7 Å². The van der Waals surface area contributed by atoms with E-state index >= 15 is 0 Å². The molecule has 0 saturated carbocycles. The zero-order valence-electron chi connectivity index (χ0n) is 19.3. The van der Waals surface area contributed by atoms with Crippen LogP contribution >= 0.6 is 0 Å². The molecule has 0 saturated heterocycles. The standard InChI is InChI=1S/C29H23N3O3/c1-18-10-12-21(13-11-18)26-27(31-23-16-14-22(15-17-23)30-19(2)33)29(35)32(28(26)34)25-9-5-7-20-6-3-4-8-24(20)25/h3-17,31H,1-2H3,(H,30,33). The molecular weight excluding hydrogens is 438 g/mol. The van der Waals surface area contributed by atoms with Crippen LogP contribution in [0, 0.1) is 6.92 Å². The highest BCUT2D eigenvalue weighted by Crippen LogP contribution is 2.37. The number of carbonyl (C=O) groups excluding carboxylic acids is 3. The maximum absolute atomic E-state index is 13.8. The molecule has 0 spiro atoms. The van der Waals surface area contributed by atoms with Crippen molar-refractivity contribution < 1.29 is 14.4 Å². The minimum absolute atomic E-state index is 0.169. The molecule has 5 rings (SSSR count). The van der Waals surface area contributed by atoms with Crippen LogP contribution in [0.3, 0.4) is 0 Å². The van der Waals surface area contributed by atoms with Crippen LogP contribution in [0.25, 0.3) is 16.3 Å². The predicted octanol–water partition coefficient (Wildman–Crippen LogP) is 5.50. The molecule has 4 aromatic carbocycles. The summed E-state index contributed by atoms with van der Waals surface area (Å²) in [5, 5.41) is 7.65. The molecule has 0 bridgehead atoms. The molecule has 0 aliphatic carbocycles. The third-order valence-electron chi connectivity index (χ3n) is 5.91. The first-order valence-corrected chi connectivity index (χ1v) is 11.2. The molecule has 35 heavy (non-hydrogen) atoms. The number of amides is 3. The molecule has 0 aromatic heterocycles. The zero-order chi connectivity index (χ0) is 24.5. The minimum Gasteiger partial charge on any atom is -0.350 e. The van der Waals surface area contributed by atoms with Gasteiger partial charge in [0.05, 0.1) is 11.3 Å². The van der Waals surface area contributed by atoms with Crippen molar-refractivity contribution >= 4 is 51.1 Å². The van der Waals surface area contributed by atoms with Crippen molar-refractivity contribution in [1.29, 1.82) is 0 Å². The number of anilines is 3. The Labute approximate surface area is 202 Å². The number of carbonyl (C=O) groups is 3. The lowest BCUT2D eigenvalue weighted by atomic mass is 10.0. The average Bonchev–Trinajstić information content (AvgIpc) is 3.09. The number of aryl methyl sites for hydroxylation is 1. The number of imide groups is 1. The number of rotatable bonds is 5. The molecule has 3 amide bonds. The van der Waals surface area contributed by atoms with Gasteiger partial charge < -0.3 is 10.6 Å². The molecular formula is C29H23N3O3. The van der Waals surface area contributed by atoms with E-state index in [1.807, 2.05) is 67.6 Å². The van der Waals surface area contributed by atoms with E-state index in [2.05, 4.69) is 10.6 Å². The maximum Gasteiger partial charge on any atom is 0.282 e. The lowest BCUT2D eigenvalue weighted by Crippen LogP contribution is -2.32. The predicted molar refractivity (Wildman–Crippen MR) is 139 cm³/mol. The maximum atomic E-state index is 13.8. The largest absolute Gasteiger partial charge is 0.350 e. The first kappa shape index (κ1) is 22.1. The fraction of sp³-hybridized carbons (Fsp3) is 0.0690. The van der Waals surface area contributed by atoms with Gasteiger partial charge in [0.15, 0.2) is 0 Å². The van der Waals surface area contributed by atoms with E-state index in [1.54, 1.807) is 30.3 Å². The topological polar surface area (TPSA) is 78.5 Å². The van der Waals surface area contributed by atoms with Gasteiger partial charge in [-0.05, 0) is 48.2 Å².